The van der Waals surface area contributed by atoms with Crippen LogP contribution in [0.1, 0.15) is 79.2 Å². The first-order valence-corrected chi connectivity index (χ1v) is 9.76. The van der Waals surface area contributed by atoms with E-state index in [2.05, 4.69) is 5.32 Å². The van der Waals surface area contributed by atoms with Crippen molar-refractivity contribution in [2.45, 2.75) is 80.1 Å². The van der Waals surface area contributed by atoms with Crippen molar-refractivity contribution >= 4 is 28.9 Å². The van der Waals surface area contributed by atoms with E-state index in [1.54, 1.807) is 12.1 Å². The van der Waals surface area contributed by atoms with E-state index in [0.717, 1.165) is 5.56 Å². The molecule has 1 amide bonds. The maximum Gasteiger partial charge on any atom is 0.224 e. The van der Waals surface area contributed by atoms with Gasteiger partial charge in [0.15, 0.2) is 0 Å². The lowest BCUT2D eigenvalue weighted by molar-refractivity contribution is -0.126. The molecule has 0 spiro atoms. The maximum absolute atomic E-state index is 11.7. The van der Waals surface area contributed by atoms with Crippen LogP contribution in [0.3, 0.4) is 0 Å². The van der Waals surface area contributed by atoms with Gasteiger partial charge in [-0.3, -0.25) is 14.4 Å². The van der Waals surface area contributed by atoms with E-state index >= 15 is 0 Å². The largest absolute Gasteiger partial charge is 0.326 e. The Hall–Kier alpha value is -2.30. The van der Waals surface area contributed by atoms with Crippen molar-refractivity contribution in [3.8, 4) is 0 Å². The molecular weight excluding hydrogens is 342 g/mol. The molecular formula is C22H35NO4. The minimum Gasteiger partial charge on any atom is -0.326 e. The lowest BCUT2D eigenvalue weighted by Gasteiger charge is -2.06. The average molecular weight is 378 g/mol. The second-order valence-electron chi connectivity index (χ2n) is 5.72. The highest BCUT2D eigenvalue weighted by Crippen LogP contribution is 2.12. The van der Waals surface area contributed by atoms with Gasteiger partial charge in [-0.1, -0.05) is 39.8 Å². The van der Waals surface area contributed by atoms with E-state index in [4.69, 9.17) is 0 Å². The normalized spacial score (nSPS) is 9.11. The number of hydrogen-bond donors (Lipinski definition) is 1. The summed E-state index contributed by atoms with van der Waals surface area (Å²) in [4.78, 5) is 44.8. The van der Waals surface area contributed by atoms with E-state index in [0.29, 0.717) is 37.8 Å². The number of hydrogen-bond acceptors (Lipinski definition) is 4. The number of rotatable bonds is 10. The van der Waals surface area contributed by atoms with Crippen LogP contribution >= 0.6 is 0 Å². The fourth-order valence-electron chi connectivity index (χ4n) is 2.13. The van der Waals surface area contributed by atoms with Crippen molar-refractivity contribution in [1.82, 2.24) is 0 Å². The molecule has 5 nitrogen and oxygen atoms in total. The van der Waals surface area contributed by atoms with Gasteiger partial charge in [0.1, 0.15) is 17.3 Å². The molecule has 0 saturated carbocycles. The first-order chi connectivity index (χ1) is 12.9. The topological polar surface area (TPSA) is 80.3 Å². The Bertz CT molecular complexity index is 576. The lowest BCUT2D eigenvalue weighted by atomic mass is 10.0. The Morgan fingerprint density at radius 1 is 0.778 bits per heavy atom. The number of amides is 1. The third kappa shape index (κ3) is 15.7. The minimum absolute atomic E-state index is 0.00555. The van der Waals surface area contributed by atoms with Gasteiger partial charge in [0.2, 0.25) is 5.91 Å². The van der Waals surface area contributed by atoms with Gasteiger partial charge in [0.05, 0.1) is 6.42 Å². The van der Waals surface area contributed by atoms with E-state index in [9.17, 15) is 19.2 Å². The highest BCUT2D eigenvalue weighted by Gasteiger charge is 2.07. The highest BCUT2D eigenvalue weighted by atomic mass is 16.2. The monoisotopic (exact) mass is 377 g/mol. The van der Waals surface area contributed by atoms with Crippen LogP contribution in [0.15, 0.2) is 24.3 Å². The number of carbonyl (C=O) groups is 4. The molecule has 0 atom stereocenters. The zero-order chi connectivity index (χ0) is 21.2. The van der Waals surface area contributed by atoms with Crippen molar-refractivity contribution in [3.63, 3.8) is 0 Å². The molecule has 152 valence electrons. The number of Topliss-reactive ketones (excluding diaryl/α,β-unsaturated/α-hetero) is 3. The highest BCUT2D eigenvalue weighted by molar-refractivity contribution is 5.98. The van der Waals surface area contributed by atoms with Gasteiger partial charge in [-0.25, -0.2) is 0 Å². The van der Waals surface area contributed by atoms with Gasteiger partial charge >= 0.3 is 0 Å². The molecule has 5 heteroatoms. The molecule has 0 aliphatic heterocycles. The molecule has 0 bridgehead atoms. The fourth-order valence-corrected chi connectivity index (χ4v) is 2.13. The van der Waals surface area contributed by atoms with Gasteiger partial charge in [-0.2, -0.15) is 0 Å². The summed E-state index contributed by atoms with van der Waals surface area (Å²) in [7, 11) is 0. The lowest BCUT2D eigenvalue weighted by Crippen LogP contribution is -2.11. The van der Waals surface area contributed by atoms with Gasteiger partial charge < -0.3 is 10.1 Å². The Labute approximate surface area is 163 Å². The summed E-state index contributed by atoms with van der Waals surface area (Å²) in [6.45, 7) is 10.9. The van der Waals surface area contributed by atoms with Gasteiger partial charge in [0, 0.05) is 24.9 Å². The first-order valence-electron chi connectivity index (χ1n) is 9.76. The quantitative estimate of drug-likeness (QED) is 0.587. The second-order valence-corrected chi connectivity index (χ2v) is 5.72. The molecule has 0 aromatic heterocycles. The van der Waals surface area contributed by atoms with Crippen LogP contribution in [0.2, 0.25) is 0 Å². The van der Waals surface area contributed by atoms with Crippen molar-refractivity contribution < 1.29 is 19.2 Å². The Balaban J connectivity index is 0. The smallest absolute Gasteiger partial charge is 0.224 e. The van der Waals surface area contributed by atoms with E-state index < -0.39 is 0 Å². The standard InChI is InChI=1S/C18H23NO4.2C2H6/c1-13(20)4-3-5-18(23)19-16-9-6-15(7-10-16)8-11-17(22)12-14(2)21;2*1-2/h6-7,9-10H,3-5,8,11-12H2,1-2H3,(H,19,23);2*1-2H3. The van der Waals surface area contributed by atoms with Crippen LogP contribution in [-0.2, 0) is 25.6 Å². The van der Waals surface area contributed by atoms with E-state index in [1.165, 1.54) is 13.8 Å². The zero-order valence-electron chi connectivity index (χ0n) is 17.7. The number of benzene rings is 1. The summed E-state index contributed by atoms with van der Waals surface area (Å²) in [6, 6.07) is 7.28. The number of carbonyl (C=O) groups excluding carboxylic acids is 4. The SMILES string of the molecule is CC.CC.CC(=O)CCCC(=O)Nc1ccc(CCC(=O)CC(C)=O)cc1. The van der Waals surface area contributed by atoms with Gasteiger partial charge in [-0.15, -0.1) is 0 Å². The van der Waals surface area contributed by atoms with Crippen molar-refractivity contribution in [3.05, 3.63) is 29.8 Å². The Morgan fingerprint density at radius 3 is 1.81 bits per heavy atom. The third-order valence-corrected chi connectivity index (χ3v) is 3.31. The second kappa shape index (κ2) is 17.1. The van der Waals surface area contributed by atoms with E-state index in [-0.39, 0.29) is 29.7 Å². The molecule has 0 radical (unpaired) electrons. The fraction of sp³-hybridized carbons (Fsp3) is 0.545. The Kier molecular flexibility index (Phi) is 17.1. The van der Waals surface area contributed by atoms with Crippen LogP contribution < -0.4 is 5.32 Å². The predicted molar refractivity (Wildman–Crippen MR) is 111 cm³/mol. The molecule has 0 aliphatic rings. The molecule has 1 N–H and O–H groups in total. The van der Waals surface area contributed by atoms with Gasteiger partial charge in [0.25, 0.3) is 0 Å². The van der Waals surface area contributed by atoms with Crippen LogP contribution in [0.5, 0.6) is 0 Å². The van der Waals surface area contributed by atoms with Crippen LogP contribution in [0.4, 0.5) is 5.69 Å². The summed E-state index contributed by atoms with van der Waals surface area (Å²) in [5, 5.41) is 2.77. The molecule has 1 rings (SSSR count). The summed E-state index contributed by atoms with van der Waals surface area (Å²) in [5.41, 5.74) is 1.67. The molecule has 0 fully saturated rings. The number of nitrogens with one attached hydrogen (secondary N) is 1. The number of ketones is 3. The summed E-state index contributed by atoms with van der Waals surface area (Å²) >= 11 is 0. The number of anilines is 1. The maximum atomic E-state index is 11.7. The van der Waals surface area contributed by atoms with E-state index in [1.807, 2.05) is 39.8 Å². The predicted octanol–water partition coefficient (Wildman–Crippen LogP) is 4.92. The molecule has 0 saturated heterocycles. The summed E-state index contributed by atoms with van der Waals surface area (Å²) in [5.74, 6) is -0.199. The van der Waals surface area contributed by atoms with Crippen molar-refractivity contribution in [2.75, 3.05) is 5.32 Å². The molecule has 1 aromatic rings. The molecule has 0 aliphatic carbocycles. The molecule has 0 heterocycles. The van der Waals surface area contributed by atoms with Crippen molar-refractivity contribution in [2.24, 2.45) is 0 Å². The van der Waals surface area contributed by atoms with Crippen LogP contribution in [0, 0.1) is 0 Å². The molecule has 1 aromatic carbocycles. The summed E-state index contributed by atoms with van der Waals surface area (Å²) in [6.07, 6.45) is 2.21. The molecule has 27 heavy (non-hydrogen) atoms. The van der Waals surface area contributed by atoms with Crippen LogP contribution in [0.25, 0.3) is 0 Å². The Morgan fingerprint density at radius 2 is 1.33 bits per heavy atom. The first kappa shape index (κ1) is 26.9. The van der Waals surface area contributed by atoms with Crippen molar-refractivity contribution in [1.29, 1.82) is 0 Å². The average Bonchev–Trinajstić information content (AvgIpc) is 2.63. The minimum atomic E-state index is -0.115. The van der Waals surface area contributed by atoms with Gasteiger partial charge in [-0.05, 0) is 44.4 Å². The summed E-state index contributed by atoms with van der Waals surface area (Å²) < 4.78 is 0. The molecule has 0 unspecified atom stereocenters. The number of aryl methyl sites for hydroxylation is 1. The zero-order valence-corrected chi connectivity index (χ0v) is 17.7. The third-order valence-electron chi connectivity index (χ3n) is 3.31. The van der Waals surface area contributed by atoms with Crippen LogP contribution in [-0.4, -0.2) is 23.3 Å².